The highest BCUT2D eigenvalue weighted by Gasteiger charge is 2.12. The van der Waals surface area contributed by atoms with Crippen molar-refractivity contribution < 1.29 is 9.47 Å². The Labute approximate surface area is 188 Å². The number of hydrogen-bond acceptors (Lipinski definition) is 3. The van der Waals surface area contributed by atoms with Crippen LogP contribution in [0.2, 0.25) is 0 Å². The topological polar surface area (TPSA) is 30.5 Å². The van der Waals surface area contributed by atoms with E-state index in [2.05, 4.69) is 89.7 Å². The summed E-state index contributed by atoms with van der Waals surface area (Å²) < 4.78 is 12.6. The molecular weight excluding hydrogens is 438 g/mol. The van der Waals surface area contributed by atoms with Crippen molar-refractivity contribution in [3.63, 3.8) is 0 Å². The van der Waals surface area contributed by atoms with E-state index in [0.29, 0.717) is 12.6 Å². The molecule has 3 rings (SSSR count). The summed E-state index contributed by atoms with van der Waals surface area (Å²) in [7, 11) is 1.68. The predicted octanol–water partition coefficient (Wildman–Crippen LogP) is 6.46. The molecule has 0 aliphatic heterocycles. The highest BCUT2D eigenvalue weighted by Crippen LogP contribution is 2.34. The lowest BCUT2D eigenvalue weighted by Crippen LogP contribution is -2.26. The van der Waals surface area contributed by atoms with Gasteiger partial charge in [0, 0.05) is 17.1 Å². The fourth-order valence-corrected chi connectivity index (χ4v) is 3.71. The van der Waals surface area contributed by atoms with Crippen molar-refractivity contribution in [3.05, 3.63) is 93.5 Å². The molecule has 0 aromatic heterocycles. The van der Waals surface area contributed by atoms with Gasteiger partial charge in [-0.25, -0.2) is 0 Å². The Morgan fingerprint density at radius 3 is 2.37 bits per heavy atom. The van der Waals surface area contributed by atoms with Crippen molar-refractivity contribution >= 4 is 15.9 Å². The molecule has 3 nitrogen and oxygen atoms in total. The molecule has 1 atom stereocenters. The average Bonchev–Trinajstić information content (AvgIpc) is 2.77. The van der Waals surface area contributed by atoms with Gasteiger partial charge >= 0.3 is 0 Å². The summed E-state index contributed by atoms with van der Waals surface area (Å²) in [5.41, 5.74) is 4.91. The van der Waals surface area contributed by atoms with Crippen LogP contribution in [0.3, 0.4) is 0 Å². The number of nitrogens with one attached hydrogen (secondary N) is 1. The Morgan fingerprint density at radius 1 is 0.933 bits per heavy atom. The van der Waals surface area contributed by atoms with E-state index in [1.54, 1.807) is 7.11 Å². The zero-order valence-corrected chi connectivity index (χ0v) is 19.5. The van der Waals surface area contributed by atoms with E-state index in [-0.39, 0.29) is 0 Å². The quantitative estimate of drug-likeness (QED) is 0.371. The first-order chi connectivity index (χ1) is 14.5. The van der Waals surface area contributed by atoms with Crippen LogP contribution in [0.15, 0.2) is 71.2 Å². The van der Waals surface area contributed by atoms with E-state index < -0.39 is 0 Å². The molecular formula is C26H30BrNO2. The normalized spacial score (nSPS) is 11.9. The molecule has 3 aromatic carbocycles. The second-order valence-electron chi connectivity index (χ2n) is 7.67. The molecule has 0 saturated heterocycles. The molecule has 0 heterocycles. The Kier molecular flexibility index (Phi) is 8.35. The van der Waals surface area contributed by atoms with Gasteiger partial charge in [-0.3, -0.25) is 0 Å². The lowest BCUT2D eigenvalue weighted by Gasteiger charge is -2.17. The monoisotopic (exact) mass is 467 g/mol. The van der Waals surface area contributed by atoms with Crippen molar-refractivity contribution in [2.45, 2.75) is 45.9 Å². The SMILES string of the molecule is COc1cc(CNC(C)CCc2ccccc2)c(Br)cc1OCc1ccc(C)cc1. The third-order valence-corrected chi connectivity index (χ3v) is 5.94. The second kappa shape index (κ2) is 11.2. The van der Waals surface area contributed by atoms with E-state index in [9.17, 15) is 0 Å². The summed E-state index contributed by atoms with van der Waals surface area (Å²) in [6.07, 6.45) is 2.17. The second-order valence-corrected chi connectivity index (χ2v) is 8.53. The number of benzene rings is 3. The highest BCUT2D eigenvalue weighted by atomic mass is 79.9. The van der Waals surface area contributed by atoms with E-state index in [0.717, 1.165) is 46.5 Å². The molecule has 0 spiro atoms. The third-order valence-electron chi connectivity index (χ3n) is 5.20. The fraction of sp³-hybridized carbons (Fsp3) is 0.308. The van der Waals surface area contributed by atoms with Gasteiger partial charge in [-0.15, -0.1) is 0 Å². The molecule has 3 aromatic rings. The van der Waals surface area contributed by atoms with Gasteiger partial charge in [-0.2, -0.15) is 0 Å². The van der Waals surface area contributed by atoms with Crippen molar-refractivity contribution in [1.82, 2.24) is 5.32 Å². The number of halogens is 1. The van der Waals surface area contributed by atoms with Crippen LogP contribution < -0.4 is 14.8 Å². The first-order valence-corrected chi connectivity index (χ1v) is 11.2. The van der Waals surface area contributed by atoms with Crippen LogP contribution >= 0.6 is 15.9 Å². The van der Waals surface area contributed by atoms with Gasteiger partial charge in [-0.1, -0.05) is 76.1 Å². The van der Waals surface area contributed by atoms with Crippen LogP contribution in [0.1, 0.15) is 35.6 Å². The van der Waals surface area contributed by atoms with Crippen LogP contribution in [-0.4, -0.2) is 13.2 Å². The van der Waals surface area contributed by atoms with Crippen molar-refractivity contribution in [2.24, 2.45) is 0 Å². The van der Waals surface area contributed by atoms with Gasteiger partial charge in [0.2, 0.25) is 0 Å². The molecule has 1 unspecified atom stereocenters. The molecule has 0 radical (unpaired) electrons. The minimum Gasteiger partial charge on any atom is -0.493 e. The van der Waals surface area contributed by atoms with Gasteiger partial charge in [0.25, 0.3) is 0 Å². The molecule has 4 heteroatoms. The summed E-state index contributed by atoms with van der Waals surface area (Å²) in [4.78, 5) is 0. The van der Waals surface area contributed by atoms with Gasteiger partial charge in [0.15, 0.2) is 11.5 Å². The first-order valence-electron chi connectivity index (χ1n) is 10.4. The number of ether oxygens (including phenoxy) is 2. The van der Waals surface area contributed by atoms with Gasteiger partial charge in [-0.05, 0) is 55.5 Å². The zero-order valence-electron chi connectivity index (χ0n) is 18.0. The minimum atomic E-state index is 0.417. The summed E-state index contributed by atoms with van der Waals surface area (Å²) in [5, 5.41) is 3.62. The lowest BCUT2D eigenvalue weighted by molar-refractivity contribution is 0.284. The van der Waals surface area contributed by atoms with E-state index in [1.165, 1.54) is 11.1 Å². The van der Waals surface area contributed by atoms with Gasteiger partial charge in [0.05, 0.1) is 7.11 Å². The molecule has 0 bridgehead atoms. The number of aryl methyl sites for hydroxylation is 2. The molecule has 0 amide bonds. The Bertz CT molecular complexity index is 926. The average molecular weight is 468 g/mol. The summed E-state index contributed by atoms with van der Waals surface area (Å²) >= 11 is 3.70. The largest absolute Gasteiger partial charge is 0.493 e. The highest BCUT2D eigenvalue weighted by molar-refractivity contribution is 9.10. The standard InChI is InChI=1S/C26H30BrNO2/c1-19-9-12-22(13-10-19)18-30-26-16-24(27)23(15-25(26)29-3)17-28-20(2)11-14-21-7-5-4-6-8-21/h4-10,12-13,15-16,20,28H,11,14,17-18H2,1-3H3. The van der Waals surface area contributed by atoms with Crippen LogP contribution in [0.5, 0.6) is 11.5 Å². The lowest BCUT2D eigenvalue weighted by atomic mass is 10.1. The van der Waals surface area contributed by atoms with Crippen LogP contribution in [0.25, 0.3) is 0 Å². The summed E-state index contributed by atoms with van der Waals surface area (Å²) in [6.45, 7) is 5.59. The fourth-order valence-electron chi connectivity index (χ4n) is 3.24. The van der Waals surface area contributed by atoms with Crippen LogP contribution in [0.4, 0.5) is 0 Å². The number of hydrogen-bond donors (Lipinski definition) is 1. The van der Waals surface area contributed by atoms with Crippen LogP contribution in [0, 0.1) is 6.92 Å². The Hall–Kier alpha value is -2.30. The Balaban J connectivity index is 1.56. The van der Waals surface area contributed by atoms with Gasteiger partial charge in [0.1, 0.15) is 6.61 Å². The van der Waals surface area contributed by atoms with Gasteiger partial charge < -0.3 is 14.8 Å². The predicted molar refractivity (Wildman–Crippen MR) is 127 cm³/mol. The molecule has 158 valence electrons. The maximum Gasteiger partial charge on any atom is 0.162 e. The van der Waals surface area contributed by atoms with E-state index in [4.69, 9.17) is 9.47 Å². The van der Waals surface area contributed by atoms with Crippen molar-refractivity contribution in [1.29, 1.82) is 0 Å². The maximum absolute atomic E-state index is 6.03. The van der Waals surface area contributed by atoms with Crippen LogP contribution in [-0.2, 0) is 19.6 Å². The molecule has 0 saturated carbocycles. The smallest absolute Gasteiger partial charge is 0.162 e. The Morgan fingerprint density at radius 2 is 1.67 bits per heavy atom. The summed E-state index contributed by atoms with van der Waals surface area (Å²) in [5.74, 6) is 1.49. The van der Waals surface area contributed by atoms with E-state index in [1.807, 2.05) is 12.1 Å². The number of methoxy groups -OCH3 is 1. The molecule has 0 aliphatic carbocycles. The van der Waals surface area contributed by atoms with Crippen molar-refractivity contribution in [3.8, 4) is 11.5 Å². The first kappa shape index (κ1) is 22.4. The maximum atomic E-state index is 6.03. The molecule has 1 N–H and O–H groups in total. The minimum absolute atomic E-state index is 0.417. The zero-order chi connectivity index (χ0) is 21.3. The molecule has 30 heavy (non-hydrogen) atoms. The molecule has 0 aliphatic rings. The number of rotatable bonds is 10. The summed E-state index contributed by atoms with van der Waals surface area (Å²) in [6, 6.07) is 23.5. The van der Waals surface area contributed by atoms with Crippen molar-refractivity contribution in [2.75, 3.05) is 7.11 Å². The third kappa shape index (κ3) is 6.61. The van der Waals surface area contributed by atoms with E-state index >= 15 is 0 Å². The molecule has 0 fully saturated rings.